The number of nitrogens with one attached hydrogen (secondary N) is 2. The topological polar surface area (TPSA) is 76.7 Å². The van der Waals surface area contributed by atoms with Crippen molar-refractivity contribution in [1.29, 1.82) is 0 Å². The first-order valence-corrected chi connectivity index (χ1v) is 9.44. The minimum Gasteiger partial charge on any atom is -0.484 e. The lowest BCUT2D eigenvalue weighted by Crippen LogP contribution is -2.25. The van der Waals surface area contributed by atoms with Crippen LogP contribution >= 0.6 is 0 Å². The molecule has 2 amide bonds. The number of rotatable bonds is 9. The van der Waals surface area contributed by atoms with E-state index in [4.69, 9.17) is 9.47 Å². The van der Waals surface area contributed by atoms with Crippen molar-refractivity contribution in [3.8, 4) is 5.75 Å². The van der Waals surface area contributed by atoms with Crippen LogP contribution in [0.2, 0.25) is 0 Å². The normalized spacial score (nSPS) is 10.5. The number of carbonyl (C=O) groups is 2. The Morgan fingerprint density at radius 1 is 0.931 bits per heavy atom. The first kappa shape index (κ1) is 20.4. The third kappa shape index (κ3) is 6.05. The summed E-state index contributed by atoms with van der Waals surface area (Å²) in [5, 5.41) is 7.76. The van der Waals surface area contributed by atoms with E-state index >= 15 is 0 Å². The summed E-state index contributed by atoms with van der Waals surface area (Å²) in [6.45, 7) is 1.06. The minimum absolute atomic E-state index is 0.0971. The van der Waals surface area contributed by atoms with Crippen LogP contribution in [-0.4, -0.2) is 38.7 Å². The highest BCUT2D eigenvalue weighted by atomic mass is 16.5. The van der Waals surface area contributed by atoms with Crippen LogP contribution in [0.25, 0.3) is 10.8 Å². The second-order valence-corrected chi connectivity index (χ2v) is 6.53. The SMILES string of the molecule is COCCCNC(=O)c1ccc(NC(=O)COc2ccc3ccccc3c2)cc1. The van der Waals surface area contributed by atoms with Crippen LogP contribution in [0.5, 0.6) is 5.75 Å². The van der Waals surface area contributed by atoms with Crippen LogP contribution < -0.4 is 15.4 Å². The molecule has 150 valence electrons. The predicted octanol–water partition coefficient (Wildman–Crippen LogP) is 3.62. The lowest BCUT2D eigenvalue weighted by molar-refractivity contribution is -0.118. The van der Waals surface area contributed by atoms with Crippen LogP contribution in [-0.2, 0) is 9.53 Å². The van der Waals surface area contributed by atoms with Crippen LogP contribution in [0.1, 0.15) is 16.8 Å². The zero-order chi connectivity index (χ0) is 20.5. The van der Waals surface area contributed by atoms with Gasteiger partial charge in [-0.15, -0.1) is 0 Å². The van der Waals surface area contributed by atoms with Gasteiger partial charge in [-0.1, -0.05) is 30.3 Å². The van der Waals surface area contributed by atoms with E-state index in [0.29, 0.717) is 30.2 Å². The third-order valence-corrected chi connectivity index (χ3v) is 4.33. The van der Waals surface area contributed by atoms with Crippen LogP contribution in [0.15, 0.2) is 66.7 Å². The molecule has 0 aliphatic rings. The summed E-state index contributed by atoms with van der Waals surface area (Å²) >= 11 is 0. The Labute approximate surface area is 169 Å². The summed E-state index contributed by atoms with van der Waals surface area (Å²) in [5.74, 6) is 0.216. The van der Waals surface area contributed by atoms with Gasteiger partial charge in [0.15, 0.2) is 6.61 Å². The van der Waals surface area contributed by atoms with Gasteiger partial charge < -0.3 is 20.1 Å². The van der Waals surface area contributed by atoms with E-state index in [1.807, 2.05) is 42.5 Å². The van der Waals surface area contributed by atoms with Gasteiger partial charge in [-0.05, 0) is 53.6 Å². The smallest absolute Gasteiger partial charge is 0.262 e. The summed E-state index contributed by atoms with van der Waals surface area (Å²) in [4.78, 5) is 24.2. The molecule has 2 N–H and O–H groups in total. The second kappa shape index (κ2) is 10.2. The molecule has 3 aromatic carbocycles. The third-order valence-electron chi connectivity index (χ3n) is 4.33. The maximum atomic E-state index is 12.1. The quantitative estimate of drug-likeness (QED) is 0.545. The lowest BCUT2D eigenvalue weighted by atomic mass is 10.1. The standard InChI is InChI=1S/C23H24N2O4/c1-28-14-4-13-24-23(27)18-7-10-20(11-8-18)25-22(26)16-29-21-12-9-17-5-2-3-6-19(17)15-21/h2-3,5-12,15H,4,13-14,16H2,1H3,(H,24,27)(H,25,26). The number of hydrogen-bond acceptors (Lipinski definition) is 4. The Kier molecular flexibility index (Phi) is 7.19. The van der Waals surface area contributed by atoms with Gasteiger partial charge in [-0.25, -0.2) is 0 Å². The molecule has 0 bridgehead atoms. The Hall–Kier alpha value is -3.38. The van der Waals surface area contributed by atoms with E-state index in [0.717, 1.165) is 17.2 Å². The van der Waals surface area contributed by atoms with Gasteiger partial charge in [0.1, 0.15) is 5.75 Å². The minimum atomic E-state index is -0.269. The first-order valence-electron chi connectivity index (χ1n) is 9.44. The molecule has 0 heterocycles. The monoisotopic (exact) mass is 392 g/mol. The van der Waals surface area contributed by atoms with Gasteiger partial charge in [0.05, 0.1) is 0 Å². The van der Waals surface area contributed by atoms with Crippen LogP contribution in [0, 0.1) is 0 Å². The van der Waals surface area contributed by atoms with Crippen molar-refractivity contribution in [3.63, 3.8) is 0 Å². The summed E-state index contributed by atoms with van der Waals surface area (Å²) < 4.78 is 10.5. The van der Waals surface area contributed by atoms with Gasteiger partial charge in [-0.2, -0.15) is 0 Å². The number of ether oxygens (including phenoxy) is 2. The summed E-state index contributed by atoms with van der Waals surface area (Å²) in [5.41, 5.74) is 1.14. The molecule has 3 aromatic rings. The molecule has 0 saturated heterocycles. The summed E-state index contributed by atoms with van der Waals surface area (Å²) in [6.07, 6.45) is 0.758. The van der Waals surface area contributed by atoms with Crippen molar-refractivity contribution >= 4 is 28.3 Å². The zero-order valence-corrected chi connectivity index (χ0v) is 16.3. The van der Waals surface area contributed by atoms with E-state index < -0.39 is 0 Å². The van der Waals surface area contributed by atoms with E-state index in [-0.39, 0.29) is 18.4 Å². The highest BCUT2D eigenvalue weighted by Gasteiger charge is 2.07. The van der Waals surface area contributed by atoms with Gasteiger partial charge in [0.25, 0.3) is 11.8 Å². The fraction of sp³-hybridized carbons (Fsp3) is 0.217. The number of fused-ring (bicyclic) bond motifs is 1. The Balaban J connectivity index is 1.47. The molecule has 0 aromatic heterocycles. The van der Waals surface area contributed by atoms with Crippen molar-refractivity contribution in [3.05, 3.63) is 72.3 Å². The van der Waals surface area contributed by atoms with Crippen LogP contribution in [0.4, 0.5) is 5.69 Å². The molecular weight excluding hydrogens is 368 g/mol. The molecule has 3 rings (SSSR count). The molecule has 0 aliphatic carbocycles. The molecular formula is C23H24N2O4. The van der Waals surface area contributed by atoms with Gasteiger partial charge in [-0.3, -0.25) is 9.59 Å². The maximum Gasteiger partial charge on any atom is 0.262 e. The molecule has 0 fully saturated rings. The number of benzene rings is 3. The van der Waals surface area contributed by atoms with Gasteiger partial charge in [0.2, 0.25) is 0 Å². The molecule has 0 radical (unpaired) electrons. The van der Waals surface area contributed by atoms with Crippen molar-refractivity contribution in [2.24, 2.45) is 0 Å². The summed E-state index contributed by atoms with van der Waals surface area (Å²) in [6, 6.07) is 20.4. The average Bonchev–Trinajstić information content (AvgIpc) is 2.75. The van der Waals surface area contributed by atoms with E-state index in [2.05, 4.69) is 10.6 Å². The lowest BCUT2D eigenvalue weighted by Gasteiger charge is -2.09. The fourth-order valence-corrected chi connectivity index (χ4v) is 2.83. The Morgan fingerprint density at radius 3 is 2.45 bits per heavy atom. The average molecular weight is 392 g/mol. The number of anilines is 1. The fourth-order valence-electron chi connectivity index (χ4n) is 2.83. The maximum absolute atomic E-state index is 12.1. The van der Waals surface area contributed by atoms with E-state index in [1.165, 1.54) is 0 Å². The molecule has 0 atom stereocenters. The van der Waals surface area contributed by atoms with Gasteiger partial charge in [0, 0.05) is 31.5 Å². The molecule has 0 unspecified atom stereocenters. The van der Waals surface area contributed by atoms with Crippen LogP contribution in [0.3, 0.4) is 0 Å². The highest BCUT2D eigenvalue weighted by Crippen LogP contribution is 2.20. The highest BCUT2D eigenvalue weighted by molar-refractivity contribution is 5.96. The summed E-state index contributed by atoms with van der Waals surface area (Å²) in [7, 11) is 1.63. The molecule has 0 aliphatic heterocycles. The molecule has 6 nitrogen and oxygen atoms in total. The predicted molar refractivity (Wildman–Crippen MR) is 113 cm³/mol. The van der Waals surface area contributed by atoms with E-state index in [1.54, 1.807) is 31.4 Å². The van der Waals surface area contributed by atoms with Crippen molar-refractivity contribution in [2.45, 2.75) is 6.42 Å². The molecule has 0 saturated carbocycles. The van der Waals surface area contributed by atoms with Gasteiger partial charge >= 0.3 is 0 Å². The molecule has 0 spiro atoms. The number of amides is 2. The van der Waals surface area contributed by atoms with Crippen molar-refractivity contribution in [1.82, 2.24) is 5.32 Å². The second-order valence-electron chi connectivity index (χ2n) is 6.53. The number of carbonyl (C=O) groups excluding carboxylic acids is 2. The van der Waals surface area contributed by atoms with E-state index in [9.17, 15) is 9.59 Å². The zero-order valence-electron chi connectivity index (χ0n) is 16.3. The number of hydrogen-bond donors (Lipinski definition) is 2. The Morgan fingerprint density at radius 2 is 1.69 bits per heavy atom. The molecule has 6 heteroatoms. The van der Waals surface area contributed by atoms with Crippen molar-refractivity contribution in [2.75, 3.05) is 32.2 Å². The van der Waals surface area contributed by atoms with Crippen molar-refractivity contribution < 1.29 is 19.1 Å². The number of methoxy groups -OCH3 is 1. The Bertz CT molecular complexity index is 970. The largest absolute Gasteiger partial charge is 0.484 e. The first-order chi connectivity index (χ1) is 14.2. The molecule has 29 heavy (non-hydrogen) atoms.